The predicted octanol–water partition coefficient (Wildman–Crippen LogP) is 3.68. The summed E-state index contributed by atoms with van der Waals surface area (Å²) >= 11 is 6.13. The molecule has 26 heavy (non-hydrogen) atoms. The molecule has 0 radical (unpaired) electrons. The molecule has 1 aromatic carbocycles. The molecule has 0 aliphatic rings. The van der Waals surface area contributed by atoms with Crippen LogP contribution in [0.2, 0.25) is 5.15 Å². The number of ether oxygens (including phenoxy) is 1. The number of fused-ring (bicyclic) bond motifs is 1. The Morgan fingerprint density at radius 3 is 2.88 bits per heavy atom. The van der Waals surface area contributed by atoms with Crippen molar-refractivity contribution in [3.8, 4) is 5.75 Å². The summed E-state index contributed by atoms with van der Waals surface area (Å²) in [5.41, 5.74) is 1.34. The van der Waals surface area contributed by atoms with Crippen LogP contribution < -0.4 is 4.74 Å². The number of para-hydroxylation sites is 1. The fourth-order valence-corrected chi connectivity index (χ4v) is 2.62. The third kappa shape index (κ3) is 4.03. The second-order valence-corrected chi connectivity index (χ2v) is 5.95. The first kappa shape index (κ1) is 17.9. The minimum absolute atomic E-state index is 0.168. The summed E-state index contributed by atoms with van der Waals surface area (Å²) in [4.78, 5) is 17.9. The van der Waals surface area contributed by atoms with Gasteiger partial charge in [0, 0.05) is 19.3 Å². The average molecular weight is 374 g/mol. The normalized spacial score (nSPS) is 11.2. The second kappa shape index (κ2) is 8.01. The fraction of sp³-hybridized carbons (Fsp3) is 0.158. The highest BCUT2D eigenvalue weighted by atomic mass is 35.5. The Morgan fingerprint density at radius 1 is 1.31 bits per heavy atom. The molecule has 7 heteroatoms. The summed E-state index contributed by atoms with van der Waals surface area (Å²) in [6.07, 6.45) is 4.87. The van der Waals surface area contributed by atoms with Crippen LogP contribution in [0.15, 0.2) is 54.7 Å². The van der Waals surface area contributed by atoms with Gasteiger partial charge in [-0.1, -0.05) is 29.8 Å². The van der Waals surface area contributed by atoms with E-state index in [1.807, 2.05) is 24.4 Å². The molecule has 0 saturated heterocycles. The average Bonchev–Trinajstić information content (AvgIpc) is 2.96. The van der Waals surface area contributed by atoms with Gasteiger partial charge in [0.1, 0.15) is 12.3 Å². The van der Waals surface area contributed by atoms with E-state index in [0.29, 0.717) is 23.0 Å². The van der Waals surface area contributed by atoms with E-state index in [1.165, 1.54) is 17.0 Å². The summed E-state index contributed by atoms with van der Waals surface area (Å²) in [5.74, 6) is -0.478. The van der Waals surface area contributed by atoms with Gasteiger partial charge in [-0.3, -0.25) is 9.20 Å². The van der Waals surface area contributed by atoms with Gasteiger partial charge in [0.2, 0.25) is 5.91 Å². The molecule has 0 aliphatic carbocycles. The molecule has 3 aromatic rings. The number of amides is 1. The van der Waals surface area contributed by atoms with Crippen molar-refractivity contribution in [2.75, 3.05) is 20.2 Å². The van der Waals surface area contributed by atoms with Gasteiger partial charge in [-0.25, -0.2) is 9.37 Å². The number of halogens is 2. The maximum absolute atomic E-state index is 13.5. The Hall–Kier alpha value is -2.86. The first-order valence-corrected chi connectivity index (χ1v) is 8.37. The standard InChI is InChI=1S/C19H17ClFN3O2/c1-23(12-13-26-16-7-3-2-6-14(16)21)18(25)10-9-15-19(20)22-17-8-4-5-11-24(15)17/h2-11H,12-13H2,1H3/b10-9+. The van der Waals surface area contributed by atoms with Gasteiger partial charge in [0.05, 0.1) is 12.2 Å². The van der Waals surface area contributed by atoms with E-state index in [4.69, 9.17) is 16.3 Å². The largest absolute Gasteiger partial charge is 0.489 e. The van der Waals surface area contributed by atoms with Crippen molar-refractivity contribution < 1.29 is 13.9 Å². The van der Waals surface area contributed by atoms with Crippen LogP contribution in [0.3, 0.4) is 0 Å². The van der Waals surface area contributed by atoms with Gasteiger partial charge in [0.15, 0.2) is 16.7 Å². The number of likely N-dealkylation sites (N-methyl/N-ethyl adjacent to an activating group) is 1. The van der Waals surface area contributed by atoms with E-state index in [2.05, 4.69) is 4.98 Å². The molecular formula is C19H17ClFN3O2. The summed E-state index contributed by atoms with van der Waals surface area (Å²) in [7, 11) is 1.65. The molecule has 0 atom stereocenters. The van der Waals surface area contributed by atoms with E-state index in [0.717, 1.165) is 0 Å². The number of carbonyl (C=O) groups excluding carboxylic acids is 1. The van der Waals surface area contributed by atoms with Crippen LogP contribution >= 0.6 is 11.6 Å². The molecule has 0 bridgehead atoms. The van der Waals surface area contributed by atoms with Crippen LogP contribution in [0.25, 0.3) is 11.7 Å². The van der Waals surface area contributed by atoms with Gasteiger partial charge in [-0.2, -0.15) is 0 Å². The third-order valence-electron chi connectivity index (χ3n) is 3.80. The highest BCUT2D eigenvalue weighted by molar-refractivity contribution is 6.31. The minimum Gasteiger partial charge on any atom is -0.489 e. The molecule has 0 fully saturated rings. The zero-order valence-corrected chi connectivity index (χ0v) is 14.9. The zero-order chi connectivity index (χ0) is 18.5. The van der Waals surface area contributed by atoms with E-state index >= 15 is 0 Å². The lowest BCUT2D eigenvalue weighted by Crippen LogP contribution is -2.29. The number of imidazole rings is 1. The molecule has 5 nitrogen and oxygen atoms in total. The van der Waals surface area contributed by atoms with Gasteiger partial charge < -0.3 is 9.64 Å². The molecule has 0 aliphatic heterocycles. The number of rotatable bonds is 6. The van der Waals surface area contributed by atoms with Crippen molar-refractivity contribution in [2.45, 2.75) is 0 Å². The highest BCUT2D eigenvalue weighted by Gasteiger charge is 2.10. The van der Waals surface area contributed by atoms with Crippen molar-refractivity contribution in [2.24, 2.45) is 0 Å². The highest BCUT2D eigenvalue weighted by Crippen LogP contribution is 2.19. The Morgan fingerprint density at radius 2 is 2.08 bits per heavy atom. The van der Waals surface area contributed by atoms with Crippen molar-refractivity contribution in [1.82, 2.24) is 14.3 Å². The second-order valence-electron chi connectivity index (χ2n) is 5.59. The molecule has 134 valence electrons. The van der Waals surface area contributed by atoms with Crippen LogP contribution in [-0.4, -0.2) is 40.4 Å². The minimum atomic E-state index is -0.427. The molecule has 1 amide bonds. The smallest absolute Gasteiger partial charge is 0.246 e. The van der Waals surface area contributed by atoms with Crippen molar-refractivity contribution in [3.63, 3.8) is 0 Å². The fourth-order valence-electron chi connectivity index (χ4n) is 2.38. The number of hydrogen-bond donors (Lipinski definition) is 0. The first-order valence-electron chi connectivity index (χ1n) is 7.99. The Bertz CT molecular complexity index is 955. The van der Waals surface area contributed by atoms with Gasteiger partial charge >= 0.3 is 0 Å². The lowest BCUT2D eigenvalue weighted by molar-refractivity contribution is -0.125. The Kier molecular flexibility index (Phi) is 5.53. The number of aromatic nitrogens is 2. The molecule has 0 N–H and O–H groups in total. The molecular weight excluding hydrogens is 357 g/mol. The maximum Gasteiger partial charge on any atom is 0.246 e. The van der Waals surface area contributed by atoms with Gasteiger partial charge in [0.25, 0.3) is 0 Å². The van der Waals surface area contributed by atoms with Crippen LogP contribution in [0.4, 0.5) is 4.39 Å². The quantitative estimate of drug-likeness (QED) is 0.619. The molecule has 2 aromatic heterocycles. The number of pyridine rings is 1. The SMILES string of the molecule is CN(CCOc1ccccc1F)C(=O)/C=C/c1c(Cl)nc2ccccn12. The molecule has 0 unspecified atom stereocenters. The van der Waals surface area contributed by atoms with Crippen LogP contribution in [0.5, 0.6) is 5.75 Å². The van der Waals surface area contributed by atoms with E-state index in [-0.39, 0.29) is 18.3 Å². The number of benzene rings is 1. The molecule has 0 spiro atoms. The van der Waals surface area contributed by atoms with E-state index in [1.54, 1.807) is 35.7 Å². The Labute approximate surface area is 155 Å². The van der Waals surface area contributed by atoms with Crippen molar-refractivity contribution in [3.05, 3.63) is 71.4 Å². The van der Waals surface area contributed by atoms with Crippen molar-refractivity contribution >= 4 is 29.2 Å². The monoisotopic (exact) mass is 373 g/mol. The molecule has 2 heterocycles. The first-order chi connectivity index (χ1) is 12.6. The topological polar surface area (TPSA) is 46.8 Å². The van der Waals surface area contributed by atoms with Crippen molar-refractivity contribution in [1.29, 1.82) is 0 Å². The summed E-state index contributed by atoms with van der Waals surface area (Å²) in [6.45, 7) is 0.506. The van der Waals surface area contributed by atoms with Crippen LogP contribution in [-0.2, 0) is 4.79 Å². The summed E-state index contributed by atoms with van der Waals surface area (Å²) in [6, 6.07) is 11.7. The number of nitrogens with zero attached hydrogens (tertiary/aromatic N) is 3. The summed E-state index contributed by atoms with van der Waals surface area (Å²) < 4.78 is 20.6. The predicted molar refractivity (Wildman–Crippen MR) is 98.8 cm³/mol. The maximum atomic E-state index is 13.5. The van der Waals surface area contributed by atoms with Gasteiger partial charge in [-0.15, -0.1) is 0 Å². The molecule has 0 saturated carbocycles. The number of hydrogen-bond acceptors (Lipinski definition) is 3. The lowest BCUT2D eigenvalue weighted by atomic mass is 10.3. The van der Waals surface area contributed by atoms with Crippen LogP contribution in [0.1, 0.15) is 5.69 Å². The van der Waals surface area contributed by atoms with E-state index < -0.39 is 5.82 Å². The lowest BCUT2D eigenvalue weighted by Gasteiger charge is -2.15. The Balaban J connectivity index is 1.59. The van der Waals surface area contributed by atoms with Gasteiger partial charge in [-0.05, 0) is 30.3 Å². The third-order valence-corrected chi connectivity index (χ3v) is 4.08. The molecule has 3 rings (SSSR count). The number of carbonyl (C=O) groups is 1. The summed E-state index contributed by atoms with van der Waals surface area (Å²) in [5, 5.41) is 0.325. The van der Waals surface area contributed by atoms with Crippen LogP contribution in [0, 0.1) is 5.82 Å². The van der Waals surface area contributed by atoms with E-state index in [9.17, 15) is 9.18 Å². The zero-order valence-electron chi connectivity index (χ0n) is 14.1.